The molecule has 1 fully saturated rings. The Balaban J connectivity index is -0.000000253. The zero-order valence-corrected chi connectivity index (χ0v) is 36.4. The van der Waals surface area contributed by atoms with Crippen LogP contribution in [0.15, 0.2) is 51.1 Å². The Morgan fingerprint density at radius 1 is 0.955 bits per heavy atom. The third kappa shape index (κ3) is 16.1. The molecule has 1 atom stereocenters. The summed E-state index contributed by atoms with van der Waals surface area (Å²) in [4.78, 5) is 40.9. The number of benzene rings is 1. The molecule has 0 bridgehead atoms. The number of thiol groups is 1. The Labute approximate surface area is 401 Å². The number of hydrogen-bond donors (Lipinski definition) is 3. The molecule has 3 aromatic heterocycles. The van der Waals surface area contributed by atoms with Crippen molar-refractivity contribution in [1.82, 2.24) is 29.4 Å². The van der Waals surface area contributed by atoms with Crippen molar-refractivity contribution in [3.63, 3.8) is 0 Å². The van der Waals surface area contributed by atoms with Crippen LogP contribution in [0.4, 0.5) is 0 Å². The number of methoxy groups -OCH3 is 1. The Morgan fingerprint density at radius 3 is 2.08 bits per heavy atom. The van der Waals surface area contributed by atoms with Gasteiger partial charge in [-0.1, -0.05) is 23.0 Å². The smallest absolute Gasteiger partial charge is 0.352 e. The lowest BCUT2D eigenvalue weighted by Gasteiger charge is -2.28. The van der Waals surface area contributed by atoms with E-state index in [4.69, 9.17) is 26.7 Å². The zero-order valence-electron chi connectivity index (χ0n) is 34.7. The molecule has 1 saturated heterocycles. The molecule has 0 spiro atoms. The van der Waals surface area contributed by atoms with Crippen molar-refractivity contribution < 1.29 is 46.7 Å². The van der Waals surface area contributed by atoms with Crippen LogP contribution < -0.4 is 10.4 Å². The normalized spacial score (nSPS) is 12.2. The predicted molar refractivity (Wildman–Crippen MR) is 261 cm³/mol. The third-order valence-electron chi connectivity index (χ3n) is 8.12. The molecule has 1 aromatic carbocycles. The monoisotopic (exact) mass is 932 g/mol. The molecule has 2 N–H and O–H groups in total. The number of terminal acetylenes is 1. The van der Waals surface area contributed by atoms with Gasteiger partial charge in [-0.25, -0.2) is 15.0 Å². The molecule has 6 rings (SSSR count). The van der Waals surface area contributed by atoms with Gasteiger partial charge in [-0.3, -0.25) is 14.3 Å². The van der Waals surface area contributed by atoms with Gasteiger partial charge in [0.15, 0.2) is 5.65 Å². The van der Waals surface area contributed by atoms with Crippen LogP contribution in [0.1, 0.15) is 48.6 Å². The van der Waals surface area contributed by atoms with E-state index < -0.39 is 0 Å². The minimum absolute atomic E-state index is 0. The van der Waals surface area contributed by atoms with Gasteiger partial charge in [0.05, 0.1) is 24.4 Å². The molecular formula is C46H48N10O8S2. The molecule has 0 radical (unpaired) electrons. The number of nitrogens with one attached hydrogen (secondary N) is 1. The fraction of sp³-hybridized carbons (Fsp3) is 0.217. The van der Waals surface area contributed by atoms with Crippen LogP contribution in [-0.4, -0.2) is 66.9 Å². The predicted octanol–water partition coefficient (Wildman–Crippen LogP) is 5.83. The van der Waals surface area contributed by atoms with E-state index in [1.807, 2.05) is 24.3 Å². The maximum atomic E-state index is 13.3. The highest BCUT2D eigenvalue weighted by atomic mass is 32.1. The van der Waals surface area contributed by atoms with Crippen LogP contribution >= 0.6 is 24.2 Å². The Hall–Kier alpha value is -8.89. The summed E-state index contributed by atoms with van der Waals surface area (Å²) in [6.45, 7) is 4.54. The summed E-state index contributed by atoms with van der Waals surface area (Å²) < 4.78 is 17.6. The van der Waals surface area contributed by atoms with E-state index in [0.717, 1.165) is 54.0 Å². The highest BCUT2D eigenvalue weighted by molar-refractivity contribution is 7.74. The fourth-order valence-electron chi connectivity index (χ4n) is 5.58. The van der Waals surface area contributed by atoms with E-state index in [0.29, 0.717) is 18.6 Å². The largest absolute Gasteiger partial charge is 0.497 e. The number of nitrogens with zero attached hydrogens (tertiary/aromatic N) is 9. The molecule has 0 saturated carbocycles. The molecule has 2 aliphatic rings. The van der Waals surface area contributed by atoms with Crippen molar-refractivity contribution in [2.45, 2.75) is 45.4 Å². The van der Waals surface area contributed by atoms with Crippen molar-refractivity contribution >= 4 is 46.1 Å². The average molecular weight is 933 g/mol. The van der Waals surface area contributed by atoms with Gasteiger partial charge >= 0.3 is 11.7 Å². The Kier molecular flexibility index (Phi) is 21.6. The van der Waals surface area contributed by atoms with Crippen molar-refractivity contribution in [3.05, 3.63) is 57.1 Å². The number of carbonyl (C=O) groups excluding carboxylic acids is 1. The summed E-state index contributed by atoms with van der Waals surface area (Å²) in [5.74, 6) is 52.6. The average Bonchev–Trinajstić information content (AvgIpc) is 4.09. The Bertz CT molecular complexity index is 3280. The van der Waals surface area contributed by atoms with Crippen LogP contribution in [0.2, 0.25) is 0 Å². The molecule has 5 heterocycles. The number of carbonyl (C=O) groups is 1. The zero-order chi connectivity index (χ0) is 47.2. The van der Waals surface area contributed by atoms with E-state index >= 15 is 0 Å². The molecule has 20 heteroatoms. The molecule has 4 aromatic rings. The number of aromatic nitrogens is 4. The number of fused-ring (bicyclic) bond motifs is 5. The number of esters is 1. The summed E-state index contributed by atoms with van der Waals surface area (Å²) >= 11 is 4.76. The second kappa shape index (κ2) is 28.7. The molecule has 342 valence electrons. The van der Waals surface area contributed by atoms with Crippen LogP contribution in [-0.2, 0) is 43.4 Å². The standard InChI is InChI=1S/C23H23N5O4S.C23H4.H3N5O4S.9H2/c1-31-15-4-2-14(3-5-15)10-27-22-20(21-24-13-25-28(21)23(27)30)17-8-9-26(12-18(17)33-22)11-16-6-7-19(29)32-16;1-3-5-7-9-11-13-15-17-19-21-23-22-20-18-16-14-12-10-8-6-4-2;1-2-3-4-5(7-6)8-9-10;;;;;;;;;/h2-5,13,16H,6-12H2,1H3;1H,2H3;1,6,10H;9*1H/b;;2-1?,4-3+;;;;;;;;;. The number of ether oxygens (including phenoxy) is 2. The van der Waals surface area contributed by atoms with Crippen molar-refractivity contribution in [3.8, 4) is 137 Å². The lowest BCUT2D eigenvalue weighted by molar-refractivity contribution is -0.572. The second-order valence-corrected chi connectivity index (χ2v) is 13.3. The summed E-state index contributed by atoms with van der Waals surface area (Å²) in [5, 5.41) is 21.0. The summed E-state index contributed by atoms with van der Waals surface area (Å²) in [6.07, 6.45) is 8.48. The summed E-state index contributed by atoms with van der Waals surface area (Å²) in [5.41, 5.74) is 8.77. The first-order valence-corrected chi connectivity index (χ1v) is 19.7. The van der Waals surface area contributed by atoms with Gasteiger partial charge in [-0.2, -0.15) is 15.1 Å². The van der Waals surface area contributed by atoms with E-state index in [2.05, 4.69) is 182 Å². The third-order valence-corrected chi connectivity index (χ3v) is 9.43. The van der Waals surface area contributed by atoms with E-state index in [1.54, 1.807) is 29.9 Å². The van der Waals surface area contributed by atoms with Crippen molar-refractivity contribution in [2.75, 3.05) is 20.2 Å². The highest BCUT2D eigenvalue weighted by Crippen LogP contribution is 2.37. The van der Waals surface area contributed by atoms with Crippen LogP contribution in [0.3, 0.4) is 0 Å². The maximum absolute atomic E-state index is 13.3. The quantitative estimate of drug-likeness (QED) is 0.0327. The first kappa shape index (κ1) is 49.8. The molecule has 1 unspecified atom stereocenters. The van der Waals surface area contributed by atoms with Gasteiger partial charge in [0, 0.05) is 85.6 Å². The molecule has 18 nitrogen and oxygen atoms in total. The number of hydrogen-bond acceptors (Lipinski definition) is 15. The van der Waals surface area contributed by atoms with E-state index in [1.165, 1.54) is 21.3 Å². The Morgan fingerprint density at radius 2 is 1.56 bits per heavy atom. The first-order chi connectivity index (χ1) is 32.4. The van der Waals surface area contributed by atoms with Gasteiger partial charge in [0.2, 0.25) is 0 Å². The van der Waals surface area contributed by atoms with Crippen LogP contribution in [0.5, 0.6) is 5.75 Å². The lowest BCUT2D eigenvalue weighted by Crippen LogP contribution is -2.36. The number of cyclic esters (lactones) is 1. The van der Waals surface area contributed by atoms with Gasteiger partial charge in [0.1, 0.15) is 23.0 Å². The topological polar surface area (TPSA) is 203 Å². The van der Waals surface area contributed by atoms with Gasteiger partial charge in [-0.15, -0.1) is 22.1 Å². The van der Waals surface area contributed by atoms with E-state index in [9.17, 15) is 9.59 Å². The molecule has 0 amide bonds. The van der Waals surface area contributed by atoms with E-state index in [-0.39, 0.29) is 35.9 Å². The molecule has 2 aliphatic heterocycles. The second-order valence-electron chi connectivity index (χ2n) is 12.0. The number of rotatable bonds is 10. The van der Waals surface area contributed by atoms with Crippen molar-refractivity contribution in [1.29, 1.82) is 5.53 Å². The van der Waals surface area contributed by atoms with Crippen LogP contribution in [0.25, 0.3) is 15.9 Å². The van der Waals surface area contributed by atoms with Gasteiger partial charge in [0.25, 0.3) is 0 Å². The SMILES string of the molecule is C#CC#CC#CC#CC#CC#CC#CC#CC#CC#CC#CC.COc1ccc(Cn2c(=O)n3ncnc3c3c4c(sc32)CN(CC2CCC(=O)O2)CC4)cc1.N=N/N=N/N(OO)OOS.[HH].[HH].[HH].[HH].[HH].[HH].[HH].[HH].[HH]. The summed E-state index contributed by atoms with van der Waals surface area (Å²) in [7, 11) is 1.64. The maximum Gasteiger partial charge on any atom is 0.352 e. The minimum atomic E-state index is -0.195. The first-order valence-electron chi connectivity index (χ1n) is 18.5. The lowest BCUT2D eigenvalue weighted by atomic mass is 10.0. The molecular weight excluding hydrogens is 885 g/mol. The minimum Gasteiger partial charge on any atom is -0.497 e. The van der Waals surface area contributed by atoms with Gasteiger partial charge in [-0.05, 0) is 153 Å². The van der Waals surface area contributed by atoms with Gasteiger partial charge < -0.3 is 9.47 Å². The van der Waals surface area contributed by atoms with Crippen molar-refractivity contribution in [2.24, 2.45) is 15.7 Å². The van der Waals surface area contributed by atoms with Crippen LogP contribution in [0, 0.1) is 136 Å². The number of thiophene rings is 1. The molecule has 0 aliphatic carbocycles. The summed E-state index contributed by atoms with van der Waals surface area (Å²) in [6, 6.07) is 7.75. The fourth-order valence-corrected chi connectivity index (χ4v) is 7.01. The molecule has 66 heavy (non-hydrogen) atoms. The highest BCUT2D eigenvalue weighted by Gasteiger charge is 2.30.